The third-order valence-corrected chi connectivity index (χ3v) is 3.43. The van der Waals surface area contributed by atoms with Crippen molar-refractivity contribution >= 4 is 15.9 Å². The van der Waals surface area contributed by atoms with Gasteiger partial charge in [0, 0.05) is 10.4 Å². The molecule has 1 radical (unpaired) electrons. The molecular weight excluding hydrogens is 240 g/mol. The molecule has 1 aliphatic rings. The Morgan fingerprint density at radius 1 is 1.50 bits per heavy atom. The molecule has 1 aromatic carbocycles. The van der Waals surface area contributed by atoms with Gasteiger partial charge in [-0.1, -0.05) is 35.0 Å². The average Bonchev–Trinajstić information content (AvgIpc) is 3.00. The lowest BCUT2D eigenvalue weighted by molar-refractivity contribution is 0.315. The molecule has 0 saturated heterocycles. The zero-order valence-corrected chi connectivity index (χ0v) is 9.84. The van der Waals surface area contributed by atoms with Crippen molar-refractivity contribution in [2.75, 3.05) is 6.61 Å². The van der Waals surface area contributed by atoms with Crippen molar-refractivity contribution in [2.45, 2.75) is 25.7 Å². The predicted octanol–water partition coefficient (Wildman–Crippen LogP) is 3.26. The molecule has 1 nitrogen and oxygen atoms in total. The Kier molecular flexibility index (Phi) is 2.93. The lowest BCUT2D eigenvalue weighted by atomic mass is 9.99. The fourth-order valence-corrected chi connectivity index (χ4v) is 2.31. The molecule has 2 heteroatoms. The van der Waals surface area contributed by atoms with Crippen LogP contribution in [-0.2, 0) is 0 Å². The van der Waals surface area contributed by atoms with E-state index in [0.29, 0.717) is 0 Å². The molecule has 0 bridgehead atoms. The van der Waals surface area contributed by atoms with Gasteiger partial charge >= 0.3 is 0 Å². The van der Waals surface area contributed by atoms with Crippen LogP contribution >= 0.6 is 15.9 Å². The number of benzene rings is 1. The van der Waals surface area contributed by atoms with Crippen LogP contribution in [0.1, 0.15) is 36.8 Å². The molecular formula is C12H14BrO. The third kappa shape index (κ3) is 2.01. The SMILES string of the molecule is C[C](CO)c1ccc(C2CC2)c(Br)c1. The van der Waals surface area contributed by atoms with Crippen LogP contribution in [0.3, 0.4) is 0 Å². The fraction of sp³-hybridized carbons (Fsp3) is 0.417. The summed E-state index contributed by atoms with van der Waals surface area (Å²) in [7, 11) is 0. The zero-order valence-electron chi connectivity index (χ0n) is 8.26. The molecule has 2 rings (SSSR count). The Bertz CT molecular complexity index is 331. The molecule has 1 saturated carbocycles. The first-order chi connectivity index (χ1) is 6.72. The lowest BCUT2D eigenvalue weighted by Crippen LogP contribution is -2.00. The molecule has 0 unspecified atom stereocenters. The molecule has 0 aromatic heterocycles. The number of hydrogen-bond donors (Lipinski definition) is 1. The number of hydrogen-bond acceptors (Lipinski definition) is 1. The van der Waals surface area contributed by atoms with Crippen molar-refractivity contribution in [1.82, 2.24) is 0 Å². The highest BCUT2D eigenvalue weighted by molar-refractivity contribution is 9.10. The number of rotatable bonds is 3. The first-order valence-corrected chi connectivity index (χ1v) is 5.74. The molecule has 75 valence electrons. The molecule has 1 aliphatic carbocycles. The quantitative estimate of drug-likeness (QED) is 0.877. The molecule has 14 heavy (non-hydrogen) atoms. The van der Waals surface area contributed by atoms with Crippen LogP contribution in [0.15, 0.2) is 22.7 Å². The van der Waals surface area contributed by atoms with Crippen LogP contribution in [0.5, 0.6) is 0 Å². The highest BCUT2D eigenvalue weighted by Crippen LogP contribution is 2.43. The molecule has 0 aliphatic heterocycles. The Labute approximate surface area is 93.3 Å². The van der Waals surface area contributed by atoms with Crippen LogP contribution in [-0.4, -0.2) is 11.7 Å². The summed E-state index contributed by atoms with van der Waals surface area (Å²) in [5, 5.41) is 9.02. The van der Waals surface area contributed by atoms with Crippen LogP contribution in [0.2, 0.25) is 0 Å². The van der Waals surface area contributed by atoms with E-state index in [0.717, 1.165) is 17.4 Å². The minimum Gasteiger partial charge on any atom is -0.395 e. The summed E-state index contributed by atoms with van der Waals surface area (Å²) < 4.78 is 1.19. The van der Waals surface area contributed by atoms with Gasteiger partial charge in [0.1, 0.15) is 0 Å². The molecule has 1 N–H and O–H groups in total. The second-order valence-corrected chi connectivity index (χ2v) is 4.80. The second kappa shape index (κ2) is 4.03. The van der Waals surface area contributed by atoms with Crippen LogP contribution in [0.4, 0.5) is 0 Å². The highest BCUT2D eigenvalue weighted by Gasteiger charge is 2.25. The van der Waals surface area contributed by atoms with Crippen molar-refractivity contribution in [3.05, 3.63) is 39.7 Å². The third-order valence-electron chi connectivity index (χ3n) is 2.75. The summed E-state index contributed by atoms with van der Waals surface area (Å²) in [6, 6.07) is 6.39. The van der Waals surface area contributed by atoms with Gasteiger partial charge in [0.15, 0.2) is 0 Å². The van der Waals surface area contributed by atoms with Gasteiger partial charge < -0.3 is 5.11 Å². The van der Waals surface area contributed by atoms with E-state index in [4.69, 9.17) is 5.11 Å². The summed E-state index contributed by atoms with van der Waals surface area (Å²) in [6.45, 7) is 2.09. The summed E-state index contributed by atoms with van der Waals surface area (Å²) in [6.07, 6.45) is 2.64. The first kappa shape index (κ1) is 10.2. The fourth-order valence-electron chi connectivity index (χ4n) is 1.61. The van der Waals surface area contributed by atoms with Gasteiger partial charge in [-0.05, 0) is 36.0 Å². The van der Waals surface area contributed by atoms with Gasteiger partial charge in [-0.3, -0.25) is 0 Å². The van der Waals surface area contributed by atoms with Crippen molar-refractivity contribution in [2.24, 2.45) is 0 Å². The topological polar surface area (TPSA) is 20.2 Å². The summed E-state index contributed by atoms with van der Waals surface area (Å²) in [5.41, 5.74) is 2.54. The Morgan fingerprint density at radius 2 is 2.21 bits per heavy atom. The summed E-state index contributed by atoms with van der Waals surface area (Å²) in [5.74, 6) is 1.79. The van der Waals surface area contributed by atoms with Gasteiger partial charge in [-0.2, -0.15) is 0 Å². The number of aliphatic hydroxyl groups excluding tert-OH is 1. The van der Waals surface area contributed by atoms with Crippen molar-refractivity contribution in [3.8, 4) is 0 Å². The minimum absolute atomic E-state index is 0.134. The Morgan fingerprint density at radius 3 is 2.71 bits per heavy atom. The van der Waals surface area contributed by atoms with Crippen LogP contribution < -0.4 is 0 Å². The zero-order chi connectivity index (χ0) is 10.1. The van der Waals surface area contributed by atoms with Gasteiger partial charge in [-0.15, -0.1) is 0 Å². The van der Waals surface area contributed by atoms with Gasteiger partial charge in [0.2, 0.25) is 0 Å². The van der Waals surface area contributed by atoms with Gasteiger partial charge in [0.05, 0.1) is 6.61 Å². The maximum Gasteiger partial charge on any atom is 0.0534 e. The van der Waals surface area contributed by atoms with Crippen molar-refractivity contribution < 1.29 is 5.11 Å². The average molecular weight is 254 g/mol. The lowest BCUT2D eigenvalue weighted by Gasteiger charge is -2.10. The van der Waals surface area contributed by atoms with Gasteiger partial charge in [-0.25, -0.2) is 0 Å². The molecule has 0 heterocycles. The highest BCUT2D eigenvalue weighted by atomic mass is 79.9. The van der Waals surface area contributed by atoms with E-state index < -0.39 is 0 Å². The largest absolute Gasteiger partial charge is 0.395 e. The number of halogens is 1. The van der Waals surface area contributed by atoms with E-state index in [-0.39, 0.29) is 6.61 Å². The normalized spacial score (nSPS) is 16.3. The van der Waals surface area contributed by atoms with E-state index >= 15 is 0 Å². The molecule has 0 atom stereocenters. The maximum absolute atomic E-state index is 9.02. The van der Waals surface area contributed by atoms with E-state index in [1.54, 1.807) is 0 Å². The van der Waals surface area contributed by atoms with Crippen molar-refractivity contribution in [3.63, 3.8) is 0 Å². The monoisotopic (exact) mass is 253 g/mol. The predicted molar refractivity (Wildman–Crippen MR) is 61.2 cm³/mol. The van der Waals surface area contributed by atoms with Crippen LogP contribution in [0, 0.1) is 5.92 Å². The first-order valence-electron chi connectivity index (χ1n) is 4.95. The smallest absolute Gasteiger partial charge is 0.0534 e. The van der Waals surface area contributed by atoms with E-state index in [9.17, 15) is 0 Å². The van der Waals surface area contributed by atoms with E-state index in [1.165, 1.54) is 22.9 Å². The molecule has 1 fully saturated rings. The molecule has 1 aromatic rings. The Hall–Kier alpha value is -0.340. The number of aliphatic hydroxyl groups is 1. The molecule has 0 spiro atoms. The summed E-state index contributed by atoms with van der Waals surface area (Å²) >= 11 is 3.59. The maximum atomic E-state index is 9.02. The van der Waals surface area contributed by atoms with E-state index in [1.807, 2.05) is 6.92 Å². The summed E-state index contributed by atoms with van der Waals surface area (Å²) in [4.78, 5) is 0. The standard InChI is InChI=1S/C12H14BrO/c1-8(7-14)10-4-5-11(9-2-3-9)12(13)6-10/h4-6,9,14H,2-3,7H2,1H3. The molecule has 0 amide bonds. The Balaban J connectivity index is 2.25. The van der Waals surface area contributed by atoms with Gasteiger partial charge in [0.25, 0.3) is 0 Å². The van der Waals surface area contributed by atoms with Crippen LogP contribution in [0.25, 0.3) is 0 Å². The minimum atomic E-state index is 0.134. The van der Waals surface area contributed by atoms with E-state index in [2.05, 4.69) is 34.1 Å². The van der Waals surface area contributed by atoms with Crippen molar-refractivity contribution in [1.29, 1.82) is 0 Å². The second-order valence-electron chi connectivity index (χ2n) is 3.95.